The second kappa shape index (κ2) is 4.16. The first-order valence-electron chi connectivity index (χ1n) is 6.13. The Morgan fingerprint density at radius 2 is 1.89 bits per heavy atom. The maximum absolute atomic E-state index is 12.9. The summed E-state index contributed by atoms with van der Waals surface area (Å²) in [6.07, 6.45) is -1.07. The molecule has 1 saturated carbocycles. The Balaban J connectivity index is 2.06. The number of hydrogen-bond acceptors (Lipinski definition) is 2. The molecule has 2 aliphatic rings. The van der Waals surface area contributed by atoms with E-state index in [1.165, 1.54) is 17.8 Å². The Labute approximate surface area is 112 Å². The van der Waals surface area contributed by atoms with Crippen molar-refractivity contribution in [2.75, 3.05) is 5.32 Å². The summed E-state index contributed by atoms with van der Waals surface area (Å²) in [5, 5.41) is 2.49. The van der Waals surface area contributed by atoms with Crippen LogP contribution < -0.4 is 5.32 Å². The third-order valence-electron chi connectivity index (χ3n) is 3.70. The van der Waals surface area contributed by atoms with Crippen molar-refractivity contribution < 1.29 is 18.0 Å². The van der Waals surface area contributed by atoms with Crippen LogP contribution in [0.3, 0.4) is 0 Å². The molecule has 0 saturated heterocycles. The molecule has 102 valence electrons. The zero-order valence-corrected chi connectivity index (χ0v) is 10.8. The van der Waals surface area contributed by atoms with Crippen molar-refractivity contribution in [1.29, 1.82) is 0 Å². The van der Waals surface area contributed by atoms with E-state index in [4.69, 9.17) is 0 Å². The summed E-state index contributed by atoms with van der Waals surface area (Å²) < 4.78 is 38.2. The molecule has 19 heavy (non-hydrogen) atoms. The summed E-state index contributed by atoms with van der Waals surface area (Å²) in [4.78, 5) is 12.7. The Kier molecular flexibility index (Phi) is 2.81. The van der Waals surface area contributed by atoms with Crippen molar-refractivity contribution in [1.82, 2.24) is 0 Å². The van der Waals surface area contributed by atoms with Crippen molar-refractivity contribution in [2.24, 2.45) is 0 Å². The van der Waals surface area contributed by atoms with E-state index in [2.05, 4.69) is 5.32 Å². The predicted octanol–water partition coefficient (Wildman–Crippen LogP) is 4.06. The number of alkyl halides is 3. The molecule has 6 heteroatoms. The van der Waals surface area contributed by atoms with E-state index in [9.17, 15) is 18.0 Å². The third kappa shape index (κ3) is 2.02. The van der Waals surface area contributed by atoms with Crippen LogP contribution in [0.15, 0.2) is 23.1 Å². The van der Waals surface area contributed by atoms with E-state index in [-0.39, 0.29) is 11.6 Å². The zero-order valence-electron chi connectivity index (χ0n) is 10.0. The lowest BCUT2D eigenvalue weighted by molar-refractivity contribution is -0.137. The van der Waals surface area contributed by atoms with E-state index < -0.39 is 16.5 Å². The fourth-order valence-electron chi connectivity index (χ4n) is 2.74. The number of rotatable bonds is 0. The van der Waals surface area contributed by atoms with E-state index in [1.807, 2.05) is 0 Å². The van der Waals surface area contributed by atoms with Gasteiger partial charge in [-0.2, -0.15) is 13.2 Å². The van der Waals surface area contributed by atoms with Crippen molar-refractivity contribution in [3.05, 3.63) is 23.8 Å². The number of carbonyl (C=O) groups excluding carboxylic acids is 1. The van der Waals surface area contributed by atoms with Gasteiger partial charge in [0.1, 0.15) is 0 Å². The topological polar surface area (TPSA) is 29.1 Å². The number of hydrogen-bond donors (Lipinski definition) is 1. The van der Waals surface area contributed by atoms with Gasteiger partial charge < -0.3 is 5.32 Å². The van der Waals surface area contributed by atoms with Crippen LogP contribution in [0.2, 0.25) is 0 Å². The SMILES string of the molecule is O=C1Nc2c(cccc2C(F)(F)F)SC12CCCC2. The summed E-state index contributed by atoms with van der Waals surface area (Å²) in [6.45, 7) is 0. The molecule has 1 N–H and O–H groups in total. The molecule has 1 heterocycles. The highest BCUT2D eigenvalue weighted by Gasteiger charge is 2.47. The molecule has 2 nitrogen and oxygen atoms in total. The molecule has 1 fully saturated rings. The monoisotopic (exact) mass is 287 g/mol. The van der Waals surface area contributed by atoms with Gasteiger partial charge in [-0.05, 0) is 25.0 Å². The number of amides is 1. The summed E-state index contributed by atoms with van der Waals surface area (Å²) in [5.41, 5.74) is -0.846. The van der Waals surface area contributed by atoms with Crippen LogP contribution in [-0.2, 0) is 11.0 Å². The zero-order chi connectivity index (χ0) is 13.7. The molecule has 1 aliphatic carbocycles. The smallest absolute Gasteiger partial charge is 0.323 e. The standard InChI is InChI=1S/C13H12F3NOS/c14-13(15,16)8-4-3-5-9-10(8)17-11(18)12(19-9)6-1-2-7-12/h3-5H,1-2,6-7H2,(H,17,18). The number of fused-ring (bicyclic) bond motifs is 1. The van der Waals surface area contributed by atoms with Crippen LogP contribution >= 0.6 is 11.8 Å². The molecule has 0 radical (unpaired) electrons. The van der Waals surface area contributed by atoms with Gasteiger partial charge in [0.15, 0.2) is 0 Å². The third-order valence-corrected chi connectivity index (χ3v) is 5.25. The van der Waals surface area contributed by atoms with Gasteiger partial charge in [0, 0.05) is 4.90 Å². The van der Waals surface area contributed by atoms with Gasteiger partial charge in [-0.15, -0.1) is 11.8 Å². The van der Waals surface area contributed by atoms with E-state index in [1.54, 1.807) is 6.07 Å². The lowest BCUT2D eigenvalue weighted by atomic mass is 10.0. The highest BCUT2D eigenvalue weighted by molar-refractivity contribution is 8.01. The quantitative estimate of drug-likeness (QED) is 0.779. The lowest BCUT2D eigenvalue weighted by Gasteiger charge is -2.34. The summed E-state index contributed by atoms with van der Waals surface area (Å²) >= 11 is 1.29. The largest absolute Gasteiger partial charge is 0.418 e. The average molecular weight is 287 g/mol. The molecule has 1 amide bonds. The molecule has 1 aromatic carbocycles. The van der Waals surface area contributed by atoms with Crippen LogP contribution in [0.25, 0.3) is 0 Å². The first-order valence-corrected chi connectivity index (χ1v) is 6.95. The highest BCUT2D eigenvalue weighted by atomic mass is 32.2. The molecular weight excluding hydrogens is 275 g/mol. The van der Waals surface area contributed by atoms with E-state index >= 15 is 0 Å². The summed E-state index contributed by atoms with van der Waals surface area (Å²) in [6, 6.07) is 4.05. The number of benzene rings is 1. The second-order valence-corrected chi connectivity index (χ2v) is 6.36. The second-order valence-electron chi connectivity index (χ2n) is 4.93. The minimum atomic E-state index is -4.45. The van der Waals surface area contributed by atoms with E-state index in [0.29, 0.717) is 4.90 Å². The summed E-state index contributed by atoms with van der Waals surface area (Å²) in [5.74, 6) is -0.279. The molecule has 1 aliphatic heterocycles. The Morgan fingerprint density at radius 1 is 1.21 bits per heavy atom. The molecule has 3 rings (SSSR count). The van der Waals surface area contributed by atoms with Crippen LogP contribution in [0.5, 0.6) is 0 Å². The number of thioether (sulfide) groups is 1. The highest BCUT2D eigenvalue weighted by Crippen LogP contribution is 2.53. The van der Waals surface area contributed by atoms with Crippen molar-refractivity contribution in [3.63, 3.8) is 0 Å². The Hall–Kier alpha value is -1.17. The van der Waals surface area contributed by atoms with Gasteiger partial charge in [-0.25, -0.2) is 0 Å². The van der Waals surface area contributed by atoms with Gasteiger partial charge in [0.05, 0.1) is 16.0 Å². The molecular formula is C13H12F3NOS. The normalized spacial score (nSPS) is 21.3. The van der Waals surface area contributed by atoms with Crippen molar-refractivity contribution in [3.8, 4) is 0 Å². The van der Waals surface area contributed by atoms with Crippen LogP contribution in [0.1, 0.15) is 31.2 Å². The minimum absolute atomic E-state index is 0.0810. The van der Waals surface area contributed by atoms with Crippen LogP contribution in [0.4, 0.5) is 18.9 Å². The van der Waals surface area contributed by atoms with Crippen LogP contribution in [-0.4, -0.2) is 10.7 Å². The number of nitrogens with one attached hydrogen (secondary N) is 1. The Bertz CT molecular complexity index is 535. The number of halogens is 3. The molecule has 0 unspecified atom stereocenters. The lowest BCUT2D eigenvalue weighted by Crippen LogP contribution is -2.40. The Morgan fingerprint density at radius 3 is 2.53 bits per heavy atom. The molecule has 0 aromatic heterocycles. The van der Waals surface area contributed by atoms with E-state index in [0.717, 1.165) is 31.7 Å². The van der Waals surface area contributed by atoms with Gasteiger partial charge in [0.25, 0.3) is 0 Å². The first-order chi connectivity index (χ1) is 8.92. The number of anilines is 1. The van der Waals surface area contributed by atoms with Gasteiger partial charge in [-0.1, -0.05) is 18.9 Å². The summed E-state index contributed by atoms with van der Waals surface area (Å²) in [7, 11) is 0. The first kappa shape index (κ1) is 12.8. The van der Waals surface area contributed by atoms with Gasteiger partial charge in [-0.3, -0.25) is 4.79 Å². The fraction of sp³-hybridized carbons (Fsp3) is 0.462. The predicted molar refractivity (Wildman–Crippen MR) is 67.1 cm³/mol. The maximum Gasteiger partial charge on any atom is 0.418 e. The van der Waals surface area contributed by atoms with Gasteiger partial charge in [0.2, 0.25) is 5.91 Å². The fourth-order valence-corrected chi connectivity index (χ4v) is 4.21. The van der Waals surface area contributed by atoms with Crippen LogP contribution in [0, 0.1) is 0 Å². The molecule has 1 spiro atoms. The number of carbonyl (C=O) groups is 1. The molecule has 0 atom stereocenters. The van der Waals surface area contributed by atoms with Gasteiger partial charge >= 0.3 is 6.18 Å². The molecule has 0 bridgehead atoms. The minimum Gasteiger partial charge on any atom is -0.323 e. The number of para-hydroxylation sites is 1. The maximum atomic E-state index is 12.9. The average Bonchev–Trinajstić information content (AvgIpc) is 2.78. The molecule has 1 aromatic rings. The van der Waals surface area contributed by atoms with Crippen molar-refractivity contribution in [2.45, 2.75) is 41.5 Å². The van der Waals surface area contributed by atoms with Crippen molar-refractivity contribution >= 4 is 23.4 Å².